The van der Waals surface area contributed by atoms with E-state index in [-0.39, 0.29) is 32.2 Å². The number of aliphatic carboxylic acids is 1. The highest BCUT2D eigenvalue weighted by molar-refractivity contribution is 5.83. The van der Waals surface area contributed by atoms with Crippen molar-refractivity contribution in [1.29, 1.82) is 0 Å². The van der Waals surface area contributed by atoms with Gasteiger partial charge in [0.1, 0.15) is 12.6 Å². The molecule has 122 valence electrons. The first-order valence-electron chi connectivity index (χ1n) is 6.19. The van der Waals surface area contributed by atoms with Crippen LogP contribution in [0.15, 0.2) is 0 Å². The fourth-order valence-corrected chi connectivity index (χ4v) is 1.95. The van der Waals surface area contributed by atoms with Crippen LogP contribution in [0.3, 0.4) is 0 Å². The molecule has 0 aromatic carbocycles. The van der Waals surface area contributed by atoms with Crippen molar-refractivity contribution in [2.75, 3.05) is 33.4 Å². The molecule has 1 heterocycles. The van der Waals surface area contributed by atoms with Crippen molar-refractivity contribution in [3.63, 3.8) is 0 Å². The zero-order valence-electron chi connectivity index (χ0n) is 11.4. The molecule has 1 aliphatic rings. The van der Waals surface area contributed by atoms with Crippen LogP contribution in [-0.4, -0.2) is 73.7 Å². The number of urea groups is 1. The van der Waals surface area contributed by atoms with Gasteiger partial charge in [-0.05, 0) is 0 Å². The van der Waals surface area contributed by atoms with Crippen molar-refractivity contribution in [1.82, 2.24) is 10.2 Å². The van der Waals surface area contributed by atoms with Crippen LogP contribution in [0.5, 0.6) is 0 Å². The van der Waals surface area contributed by atoms with Gasteiger partial charge in [0.15, 0.2) is 0 Å². The highest BCUT2D eigenvalue weighted by Gasteiger charge is 2.39. The Balaban J connectivity index is 2.35. The molecular formula is C11H17F3N2O5. The van der Waals surface area contributed by atoms with Crippen LogP contribution < -0.4 is 5.32 Å². The lowest BCUT2D eigenvalue weighted by Crippen LogP contribution is -2.47. The number of ether oxygens (including phenoxy) is 2. The van der Waals surface area contributed by atoms with Gasteiger partial charge < -0.3 is 24.8 Å². The van der Waals surface area contributed by atoms with E-state index in [1.54, 1.807) is 0 Å². The Morgan fingerprint density at radius 2 is 2.10 bits per heavy atom. The fraction of sp³-hybridized carbons (Fsp3) is 0.818. The number of amides is 2. The van der Waals surface area contributed by atoms with Gasteiger partial charge in [0, 0.05) is 26.6 Å². The largest absolute Gasteiger partial charge is 0.480 e. The number of carboxylic acid groups (broad SMARTS) is 1. The summed E-state index contributed by atoms with van der Waals surface area (Å²) in [5.74, 6) is -1.15. The van der Waals surface area contributed by atoms with Crippen LogP contribution in [0.1, 0.15) is 6.42 Å². The van der Waals surface area contributed by atoms with Gasteiger partial charge >= 0.3 is 18.2 Å². The Labute approximate surface area is 119 Å². The van der Waals surface area contributed by atoms with Gasteiger partial charge in [-0.25, -0.2) is 9.59 Å². The summed E-state index contributed by atoms with van der Waals surface area (Å²) in [7, 11) is 1.41. The number of methoxy groups -OCH3 is 1. The number of likely N-dealkylation sites (tertiary alicyclic amines) is 1. The smallest absolute Gasteiger partial charge is 0.411 e. The number of hydrogen-bond acceptors (Lipinski definition) is 4. The van der Waals surface area contributed by atoms with E-state index in [0.29, 0.717) is 0 Å². The van der Waals surface area contributed by atoms with Crippen molar-refractivity contribution in [3.05, 3.63) is 0 Å². The zero-order chi connectivity index (χ0) is 16.0. The molecule has 2 unspecified atom stereocenters. The summed E-state index contributed by atoms with van der Waals surface area (Å²) < 4.78 is 44.8. The minimum Gasteiger partial charge on any atom is -0.480 e. The van der Waals surface area contributed by atoms with Crippen LogP contribution in [0.2, 0.25) is 0 Å². The quantitative estimate of drug-likeness (QED) is 0.695. The minimum absolute atomic E-state index is 0.114. The molecule has 21 heavy (non-hydrogen) atoms. The molecule has 1 fully saturated rings. The first kappa shape index (κ1) is 17.5. The predicted molar refractivity (Wildman–Crippen MR) is 63.8 cm³/mol. The Hall–Kier alpha value is -1.55. The molecular weight excluding hydrogens is 297 g/mol. The van der Waals surface area contributed by atoms with E-state index >= 15 is 0 Å². The van der Waals surface area contributed by atoms with Gasteiger partial charge in [0.25, 0.3) is 0 Å². The Kier molecular flexibility index (Phi) is 6.21. The number of carbonyl (C=O) groups is 2. The van der Waals surface area contributed by atoms with E-state index in [1.165, 1.54) is 7.11 Å². The number of halogens is 3. The van der Waals surface area contributed by atoms with Crippen LogP contribution in [0.25, 0.3) is 0 Å². The third-order valence-corrected chi connectivity index (χ3v) is 2.93. The number of carbonyl (C=O) groups excluding carboxylic acids is 1. The summed E-state index contributed by atoms with van der Waals surface area (Å²) in [6.45, 7) is -1.74. The predicted octanol–water partition coefficient (Wildman–Crippen LogP) is 0.449. The summed E-state index contributed by atoms with van der Waals surface area (Å²) in [4.78, 5) is 23.9. The first-order valence-corrected chi connectivity index (χ1v) is 6.19. The molecule has 0 radical (unpaired) electrons. The van der Waals surface area contributed by atoms with E-state index in [0.717, 1.165) is 4.90 Å². The normalized spacial score (nSPS) is 22.4. The van der Waals surface area contributed by atoms with Gasteiger partial charge in [-0.2, -0.15) is 13.2 Å². The molecule has 1 saturated heterocycles. The molecule has 0 aromatic rings. The van der Waals surface area contributed by atoms with E-state index in [1.807, 2.05) is 0 Å². The molecule has 10 heteroatoms. The van der Waals surface area contributed by atoms with Gasteiger partial charge in [-0.1, -0.05) is 0 Å². The molecule has 0 spiro atoms. The van der Waals surface area contributed by atoms with Crippen molar-refractivity contribution in [2.24, 2.45) is 0 Å². The van der Waals surface area contributed by atoms with Crippen molar-refractivity contribution in [2.45, 2.75) is 24.7 Å². The summed E-state index contributed by atoms with van der Waals surface area (Å²) in [5, 5.41) is 11.3. The highest BCUT2D eigenvalue weighted by atomic mass is 19.4. The third-order valence-electron chi connectivity index (χ3n) is 2.93. The number of nitrogens with zero attached hydrogens (tertiary/aromatic N) is 1. The van der Waals surface area contributed by atoms with Gasteiger partial charge in [0.05, 0.1) is 12.7 Å². The number of hydrogen-bond donors (Lipinski definition) is 2. The molecule has 2 atom stereocenters. The number of alkyl halides is 3. The van der Waals surface area contributed by atoms with E-state index < -0.39 is 30.8 Å². The second-order valence-electron chi connectivity index (χ2n) is 4.50. The van der Waals surface area contributed by atoms with Crippen LogP contribution in [-0.2, 0) is 14.3 Å². The van der Waals surface area contributed by atoms with Gasteiger partial charge in [-0.15, -0.1) is 0 Å². The van der Waals surface area contributed by atoms with Crippen molar-refractivity contribution in [3.8, 4) is 0 Å². The average molecular weight is 314 g/mol. The van der Waals surface area contributed by atoms with Crippen molar-refractivity contribution >= 4 is 12.0 Å². The maximum Gasteiger partial charge on any atom is 0.411 e. The lowest BCUT2D eigenvalue weighted by atomic mass is 10.2. The Morgan fingerprint density at radius 3 is 2.62 bits per heavy atom. The number of carboxylic acids is 1. The summed E-state index contributed by atoms with van der Waals surface area (Å²) in [6.07, 6.45) is -4.62. The standard InChI is InChI=1S/C11H17F3N2O5/c1-20-7-4-8(9(17)18)16(5-7)10(19)15-2-3-21-6-11(12,13)14/h7-8H,2-6H2,1H3,(H,15,19)(H,17,18). The molecule has 2 N–H and O–H groups in total. The number of nitrogens with one attached hydrogen (secondary N) is 1. The second-order valence-corrected chi connectivity index (χ2v) is 4.50. The van der Waals surface area contributed by atoms with Crippen LogP contribution in [0.4, 0.5) is 18.0 Å². The second kappa shape index (κ2) is 7.46. The van der Waals surface area contributed by atoms with Crippen LogP contribution in [0, 0.1) is 0 Å². The minimum atomic E-state index is -4.42. The zero-order valence-corrected chi connectivity index (χ0v) is 11.4. The monoisotopic (exact) mass is 314 g/mol. The SMILES string of the molecule is COC1CC(C(=O)O)N(C(=O)NCCOCC(F)(F)F)C1. The van der Waals surface area contributed by atoms with E-state index in [9.17, 15) is 22.8 Å². The maximum absolute atomic E-state index is 11.8. The average Bonchev–Trinajstić information content (AvgIpc) is 2.81. The lowest BCUT2D eigenvalue weighted by molar-refractivity contribution is -0.173. The molecule has 0 saturated carbocycles. The molecule has 7 nitrogen and oxygen atoms in total. The van der Waals surface area contributed by atoms with E-state index in [4.69, 9.17) is 9.84 Å². The number of rotatable bonds is 6. The molecule has 1 aliphatic heterocycles. The van der Waals surface area contributed by atoms with Crippen molar-refractivity contribution < 1.29 is 37.3 Å². The third kappa shape index (κ3) is 5.76. The Morgan fingerprint density at radius 1 is 1.43 bits per heavy atom. The first-order chi connectivity index (χ1) is 9.74. The van der Waals surface area contributed by atoms with Gasteiger partial charge in [-0.3, -0.25) is 0 Å². The molecule has 2 amide bonds. The van der Waals surface area contributed by atoms with Crippen LogP contribution >= 0.6 is 0 Å². The molecule has 0 aliphatic carbocycles. The summed E-state index contributed by atoms with van der Waals surface area (Å²) in [6, 6.07) is -1.68. The van der Waals surface area contributed by atoms with E-state index in [2.05, 4.69) is 10.1 Å². The van der Waals surface area contributed by atoms with Gasteiger partial charge in [0.2, 0.25) is 0 Å². The summed E-state index contributed by atoms with van der Waals surface area (Å²) >= 11 is 0. The topological polar surface area (TPSA) is 88.1 Å². The fourth-order valence-electron chi connectivity index (χ4n) is 1.95. The molecule has 0 aromatic heterocycles. The molecule has 1 rings (SSSR count). The lowest BCUT2D eigenvalue weighted by Gasteiger charge is -2.21. The summed E-state index contributed by atoms with van der Waals surface area (Å²) in [5.41, 5.74) is 0. The highest BCUT2D eigenvalue weighted by Crippen LogP contribution is 2.20. The molecule has 0 bridgehead atoms. The Bertz CT molecular complexity index is 377. The maximum atomic E-state index is 11.8.